The fourth-order valence-electron chi connectivity index (χ4n) is 4.01. The summed E-state index contributed by atoms with van der Waals surface area (Å²) in [5.74, 6) is 0.0361. The second-order valence-electron chi connectivity index (χ2n) is 6.98. The van der Waals surface area contributed by atoms with Crippen LogP contribution in [-0.2, 0) is 19.6 Å². The first-order valence-corrected chi connectivity index (χ1v) is 10.3. The Morgan fingerprint density at radius 3 is 2.56 bits per heavy atom. The number of fused-ring (bicyclic) bond motifs is 2. The lowest BCUT2D eigenvalue weighted by molar-refractivity contribution is -0.137. The lowest BCUT2D eigenvalue weighted by atomic mass is 9.99. The summed E-state index contributed by atoms with van der Waals surface area (Å²) in [7, 11) is -1.85. The first-order valence-electron chi connectivity index (χ1n) is 8.81. The van der Waals surface area contributed by atoms with Crippen molar-refractivity contribution < 1.29 is 17.9 Å². The van der Waals surface area contributed by atoms with Crippen molar-refractivity contribution in [3.05, 3.63) is 29.8 Å². The highest BCUT2D eigenvalue weighted by molar-refractivity contribution is 7.89. The van der Waals surface area contributed by atoms with Crippen molar-refractivity contribution in [2.45, 2.75) is 62.1 Å². The molecule has 2 aliphatic rings. The van der Waals surface area contributed by atoms with Gasteiger partial charge in [0.05, 0.1) is 11.0 Å². The molecule has 25 heavy (non-hydrogen) atoms. The third kappa shape index (κ3) is 4.04. The molecule has 1 amide bonds. The van der Waals surface area contributed by atoms with Gasteiger partial charge < -0.3 is 9.64 Å². The zero-order chi connectivity index (χ0) is 18.0. The molecule has 1 aromatic rings. The molecule has 0 aliphatic carbocycles. The minimum absolute atomic E-state index is 0.0361. The van der Waals surface area contributed by atoms with Crippen LogP contribution >= 0.6 is 0 Å². The number of nitrogens with zero attached hydrogens (tertiary/aromatic N) is 1. The van der Waals surface area contributed by atoms with Crippen molar-refractivity contribution in [1.29, 1.82) is 0 Å². The summed E-state index contributed by atoms with van der Waals surface area (Å²) in [5, 5.41) is 0. The molecule has 0 radical (unpaired) electrons. The number of ether oxygens (including phenoxy) is 1. The summed E-state index contributed by atoms with van der Waals surface area (Å²) >= 11 is 0. The summed E-state index contributed by atoms with van der Waals surface area (Å²) in [4.78, 5) is 14.8. The number of benzene rings is 1. The van der Waals surface area contributed by atoms with Gasteiger partial charge in [0, 0.05) is 32.2 Å². The zero-order valence-corrected chi connectivity index (χ0v) is 15.6. The van der Waals surface area contributed by atoms with Crippen molar-refractivity contribution in [2.75, 3.05) is 13.7 Å². The van der Waals surface area contributed by atoms with Gasteiger partial charge >= 0.3 is 0 Å². The molecule has 2 saturated heterocycles. The minimum Gasteiger partial charge on any atom is -0.381 e. The van der Waals surface area contributed by atoms with Crippen LogP contribution in [0.4, 0.5) is 0 Å². The Morgan fingerprint density at radius 1 is 1.28 bits per heavy atom. The largest absolute Gasteiger partial charge is 0.381 e. The zero-order valence-electron chi connectivity index (χ0n) is 14.8. The van der Waals surface area contributed by atoms with Gasteiger partial charge in [0.25, 0.3) is 0 Å². The Bertz CT molecular complexity index is 720. The molecule has 2 aliphatic heterocycles. The van der Waals surface area contributed by atoms with Gasteiger partial charge in [-0.3, -0.25) is 4.79 Å². The third-order valence-corrected chi connectivity index (χ3v) is 6.70. The van der Waals surface area contributed by atoms with Crippen molar-refractivity contribution >= 4 is 15.9 Å². The molecule has 7 heteroatoms. The number of carbonyl (C=O) groups excluding carboxylic acids is 1. The molecule has 3 rings (SSSR count). The molecule has 0 aromatic heterocycles. The van der Waals surface area contributed by atoms with Crippen LogP contribution in [0, 0.1) is 6.92 Å². The molecule has 2 fully saturated rings. The van der Waals surface area contributed by atoms with E-state index in [0.29, 0.717) is 0 Å². The number of hydrogen-bond acceptors (Lipinski definition) is 4. The predicted octanol–water partition coefficient (Wildman–Crippen LogP) is 1.83. The van der Waals surface area contributed by atoms with Crippen LogP contribution in [0.5, 0.6) is 0 Å². The number of rotatable bonds is 6. The van der Waals surface area contributed by atoms with Gasteiger partial charge in [-0.2, -0.15) is 0 Å². The van der Waals surface area contributed by atoms with E-state index in [1.807, 2.05) is 17.9 Å². The van der Waals surface area contributed by atoms with Gasteiger partial charge in [0.15, 0.2) is 0 Å². The fraction of sp³-hybridized carbons (Fsp3) is 0.611. The average Bonchev–Trinajstić information content (AvgIpc) is 2.85. The Hall–Kier alpha value is -1.44. The van der Waals surface area contributed by atoms with E-state index < -0.39 is 10.0 Å². The van der Waals surface area contributed by atoms with E-state index in [2.05, 4.69) is 4.72 Å². The molecule has 2 heterocycles. The van der Waals surface area contributed by atoms with Crippen LogP contribution in [0.2, 0.25) is 0 Å². The summed E-state index contributed by atoms with van der Waals surface area (Å²) in [6, 6.07) is 7.23. The van der Waals surface area contributed by atoms with E-state index >= 15 is 0 Å². The van der Waals surface area contributed by atoms with Gasteiger partial charge in [-0.25, -0.2) is 13.1 Å². The third-order valence-electron chi connectivity index (χ3n) is 5.24. The van der Waals surface area contributed by atoms with Crippen molar-refractivity contribution in [3.8, 4) is 0 Å². The predicted molar refractivity (Wildman–Crippen MR) is 94.7 cm³/mol. The maximum Gasteiger partial charge on any atom is 0.240 e. The van der Waals surface area contributed by atoms with E-state index in [1.165, 1.54) is 0 Å². The first kappa shape index (κ1) is 18.4. The topological polar surface area (TPSA) is 75.7 Å². The summed E-state index contributed by atoms with van der Waals surface area (Å²) in [6.07, 6.45) is 4.23. The highest BCUT2D eigenvalue weighted by atomic mass is 32.2. The van der Waals surface area contributed by atoms with E-state index in [4.69, 9.17) is 4.74 Å². The van der Waals surface area contributed by atoms with Gasteiger partial charge in [-0.1, -0.05) is 12.1 Å². The number of methoxy groups -OCH3 is 1. The number of sulfonamides is 1. The lowest BCUT2D eigenvalue weighted by Crippen LogP contribution is -2.49. The van der Waals surface area contributed by atoms with Crippen molar-refractivity contribution in [3.63, 3.8) is 0 Å². The highest BCUT2D eigenvalue weighted by Crippen LogP contribution is 2.37. The van der Waals surface area contributed by atoms with Gasteiger partial charge in [0.2, 0.25) is 15.9 Å². The number of amides is 1. The quantitative estimate of drug-likeness (QED) is 0.833. The Labute approximate surface area is 149 Å². The standard InChI is InChI=1S/C18H26N2O4S/c1-13-4-3-5-17(10-13)25(22,23)19-9-8-18(21)20-14-6-7-15(20)12-16(11-14)24-2/h3-5,10,14-16,19H,6-9,11-12H2,1-2H3. The Kier molecular flexibility index (Phi) is 5.46. The van der Waals surface area contributed by atoms with Crippen LogP contribution in [0.15, 0.2) is 29.2 Å². The summed E-state index contributed by atoms with van der Waals surface area (Å²) in [5.41, 5.74) is 0.886. The average molecular weight is 366 g/mol. The van der Waals surface area contributed by atoms with E-state index in [0.717, 1.165) is 31.2 Å². The molecule has 2 bridgehead atoms. The van der Waals surface area contributed by atoms with Gasteiger partial charge in [-0.15, -0.1) is 0 Å². The van der Waals surface area contributed by atoms with E-state index in [9.17, 15) is 13.2 Å². The normalized spacial score (nSPS) is 26.0. The number of piperidine rings is 1. The number of nitrogens with one attached hydrogen (secondary N) is 1. The molecule has 6 nitrogen and oxygen atoms in total. The molecule has 0 saturated carbocycles. The second kappa shape index (κ2) is 7.43. The van der Waals surface area contributed by atoms with Crippen LogP contribution in [0.1, 0.15) is 37.7 Å². The van der Waals surface area contributed by atoms with Crippen molar-refractivity contribution in [2.24, 2.45) is 0 Å². The number of hydrogen-bond donors (Lipinski definition) is 1. The smallest absolute Gasteiger partial charge is 0.240 e. The van der Waals surface area contributed by atoms with Crippen LogP contribution in [-0.4, -0.2) is 51.1 Å². The van der Waals surface area contributed by atoms with E-state index in [1.54, 1.807) is 25.3 Å². The fourth-order valence-corrected chi connectivity index (χ4v) is 5.15. The molecule has 2 unspecified atom stereocenters. The molecule has 1 N–H and O–H groups in total. The Morgan fingerprint density at radius 2 is 1.96 bits per heavy atom. The summed E-state index contributed by atoms with van der Waals surface area (Å²) < 4.78 is 32.6. The molecule has 2 atom stereocenters. The number of aryl methyl sites for hydroxylation is 1. The second-order valence-corrected chi connectivity index (χ2v) is 8.75. The van der Waals surface area contributed by atoms with Gasteiger partial charge in [-0.05, 0) is 50.3 Å². The van der Waals surface area contributed by atoms with Crippen LogP contribution < -0.4 is 4.72 Å². The highest BCUT2D eigenvalue weighted by Gasteiger charge is 2.42. The minimum atomic E-state index is -3.57. The van der Waals surface area contributed by atoms with Crippen LogP contribution in [0.3, 0.4) is 0 Å². The molecular formula is C18H26N2O4S. The lowest BCUT2D eigenvalue weighted by Gasteiger charge is -2.38. The molecule has 1 aromatic carbocycles. The van der Waals surface area contributed by atoms with E-state index in [-0.39, 0.29) is 42.0 Å². The molecular weight excluding hydrogens is 340 g/mol. The monoisotopic (exact) mass is 366 g/mol. The van der Waals surface area contributed by atoms with Crippen LogP contribution in [0.25, 0.3) is 0 Å². The SMILES string of the molecule is COC1CC2CCC(C1)N2C(=O)CCNS(=O)(=O)c1cccc(C)c1. The molecule has 0 spiro atoms. The molecule has 138 valence electrons. The van der Waals surface area contributed by atoms with Gasteiger partial charge in [0.1, 0.15) is 0 Å². The Balaban J connectivity index is 1.55. The number of carbonyl (C=O) groups is 1. The maximum atomic E-state index is 12.6. The summed E-state index contributed by atoms with van der Waals surface area (Å²) in [6.45, 7) is 1.97. The maximum absolute atomic E-state index is 12.6. The first-order chi connectivity index (χ1) is 11.9. The van der Waals surface area contributed by atoms with Crippen molar-refractivity contribution in [1.82, 2.24) is 9.62 Å².